The zero-order valence-electron chi connectivity index (χ0n) is 12.7. The third-order valence-corrected chi connectivity index (χ3v) is 4.02. The van der Waals surface area contributed by atoms with Crippen LogP contribution in [0.4, 0.5) is 4.39 Å². The van der Waals surface area contributed by atoms with Crippen molar-refractivity contribution in [3.8, 4) is 11.3 Å². The summed E-state index contributed by atoms with van der Waals surface area (Å²) in [6.45, 7) is 1.85. The van der Waals surface area contributed by atoms with Crippen molar-refractivity contribution in [2.75, 3.05) is 6.61 Å². The molecule has 0 radical (unpaired) electrons. The molecule has 0 aliphatic rings. The van der Waals surface area contributed by atoms with E-state index in [1.54, 1.807) is 25.1 Å². The van der Waals surface area contributed by atoms with Gasteiger partial charge in [-0.1, -0.05) is 23.5 Å². The minimum absolute atomic E-state index is 0.0368. The molecule has 0 atom stereocenters. The lowest BCUT2D eigenvalue weighted by Crippen LogP contribution is -2.21. The van der Waals surface area contributed by atoms with Gasteiger partial charge in [0.05, 0.1) is 18.4 Å². The minimum Gasteiger partial charge on any atom is -0.461 e. The Morgan fingerprint density at radius 1 is 1.42 bits per heavy atom. The highest BCUT2D eigenvalue weighted by Crippen LogP contribution is 2.23. The molecule has 0 unspecified atom stereocenters. The molecule has 2 heterocycles. The van der Waals surface area contributed by atoms with Crippen molar-refractivity contribution in [2.24, 2.45) is 0 Å². The molecule has 0 fully saturated rings. The van der Waals surface area contributed by atoms with E-state index in [2.05, 4.69) is 4.98 Å². The summed E-state index contributed by atoms with van der Waals surface area (Å²) >= 11 is 0.887. The van der Waals surface area contributed by atoms with Crippen LogP contribution in [0.25, 0.3) is 11.3 Å². The van der Waals surface area contributed by atoms with Crippen LogP contribution >= 0.6 is 11.3 Å². The van der Waals surface area contributed by atoms with Crippen LogP contribution < -0.4 is 4.87 Å². The first-order chi connectivity index (χ1) is 11.6. The Balaban J connectivity index is 1.89. The minimum atomic E-state index is -0.586. The second-order valence-corrected chi connectivity index (χ2v) is 5.61. The first-order valence-electron chi connectivity index (χ1n) is 7.15. The number of halogens is 1. The van der Waals surface area contributed by atoms with E-state index < -0.39 is 11.8 Å². The summed E-state index contributed by atoms with van der Waals surface area (Å²) in [6, 6.07) is 6.15. The van der Waals surface area contributed by atoms with E-state index >= 15 is 0 Å². The number of hydrogen-bond acceptors (Lipinski definition) is 6. The lowest BCUT2D eigenvalue weighted by molar-refractivity contribution is 0.0513. The Hall–Kier alpha value is -2.74. The monoisotopic (exact) mass is 348 g/mol. The summed E-state index contributed by atoms with van der Waals surface area (Å²) in [7, 11) is 0. The number of oxazole rings is 1. The number of nitrogens with zero attached hydrogens (tertiary/aromatic N) is 2. The van der Waals surface area contributed by atoms with Gasteiger partial charge in [-0.15, -0.1) is 0 Å². The van der Waals surface area contributed by atoms with Crippen molar-refractivity contribution in [1.82, 2.24) is 9.55 Å². The smallest absolute Gasteiger partial charge is 0.355 e. The van der Waals surface area contributed by atoms with Gasteiger partial charge < -0.3 is 9.15 Å². The van der Waals surface area contributed by atoms with Gasteiger partial charge in [0.15, 0.2) is 5.76 Å². The molecule has 24 heavy (non-hydrogen) atoms. The van der Waals surface area contributed by atoms with Gasteiger partial charge >= 0.3 is 10.8 Å². The third-order valence-electron chi connectivity index (χ3n) is 3.25. The SMILES string of the molecule is CCOC(=O)c1csc(=O)n1Cc1ncc(-c2ccccc2F)o1. The maximum Gasteiger partial charge on any atom is 0.355 e. The topological polar surface area (TPSA) is 74.3 Å². The van der Waals surface area contributed by atoms with Crippen LogP contribution in [0.15, 0.2) is 45.1 Å². The lowest BCUT2D eigenvalue weighted by Gasteiger charge is -2.04. The van der Waals surface area contributed by atoms with Crippen LogP contribution in [0.3, 0.4) is 0 Å². The fourth-order valence-corrected chi connectivity index (χ4v) is 2.88. The number of carbonyl (C=O) groups is 1. The van der Waals surface area contributed by atoms with Gasteiger partial charge in [-0.05, 0) is 19.1 Å². The van der Waals surface area contributed by atoms with Crippen LogP contribution in [-0.4, -0.2) is 22.1 Å². The highest BCUT2D eigenvalue weighted by molar-refractivity contribution is 7.07. The number of aromatic nitrogens is 2. The number of rotatable bonds is 5. The molecular weight excluding hydrogens is 335 g/mol. The Labute approximate surface area is 140 Å². The fraction of sp³-hybridized carbons (Fsp3) is 0.188. The van der Waals surface area contributed by atoms with Crippen LogP contribution in [0.2, 0.25) is 0 Å². The number of esters is 1. The molecule has 0 aliphatic carbocycles. The van der Waals surface area contributed by atoms with E-state index in [0.717, 1.165) is 11.3 Å². The predicted octanol–water partition coefficient (Wildman–Crippen LogP) is 2.93. The average Bonchev–Trinajstić information content (AvgIpc) is 3.16. The zero-order valence-corrected chi connectivity index (χ0v) is 13.5. The maximum atomic E-state index is 13.8. The number of ether oxygens (including phenoxy) is 1. The Morgan fingerprint density at radius 2 is 2.21 bits per heavy atom. The highest BCUT2D eigenvalue weighted by atomic mass is 32.1. The van der Waals surface area contributed by atoms with Crippen molar-refractivity contribution >= 4 is 17.3 Å². The Morgan fingerprint density at radius 3 is 2.96 bits per heavy atom. The number of benzene rings is 1. The van der Waals surface area contributed by atoms with Crippen LogP contribution in [0.5, 0.6) is 0 Å². The number of carbonyl (C=O) groups excluding carboxylic acids is 1. The summed E-state index contributed by atoms with van der Waals surface area (Å²) in [5, 5.41) is 1.43. The fourth-order valence-electron chi connectivity index (χ4n) is 2.15. The van der Waals surface area contributed by atoms with Crippen molar-refractivity contribution in [3.05, 3.63) is 62.9 Å². The molecule has 0 bridgehead atoms. The van der Waals surface area contributed by atoms with Gasteiger partial charge in [-0.2, -0.15) is 0 Å². The molecule has 3 aromatic rings. The molecule has 8 heteroatoms. The second-order valence-electron chi connectivity index (χ2n) is 4.79. The molecule has 2 aromatic heterocycles. The molecule has 0 saturated carbocycles. The molecule has 124 valence electrons. The molecular formula is C16H13FN2O4S. The summed E-state index contributed by atoms with van der Waals surface area (Å²) in [5.41, 5.74) is 0.414. The Kier molecular flexibility index (Phi) is 4.57. The first-order valence-corrected chi connectivity index (χ1v) is 8.03. The quantitative estimate of drug-likeness (QED) is 0.663. The van der Waals surface area contributed by atoms with Gasteiger partial charge in [0.1, 0.15) is 18.1 Å². The molecule has 0 spiro atoms. The molecule has 3 rings (SSSR count). The van der Waals surface area contributed by atoms with Crippen molar-refractivity contribution in [3.63, 3.8) is 0 Å². The lowest BCUT2D eigenvalue weighted by atomic mass is 10.2. The molecule has 0 amide bonds. The predicted molar refractivity (Wildman–Crippen MR) is 85.5 cm³/mol. The zero-order chi connectivity index (χ0) is 17.1. The van der Waals surface area contributed by atoms with Gasteiger partial charge in [-0.3, -0.25) is 9.36 Å². The Bertz CT molecular complexity index is 928. The molecule has 0 N–H and O–H groups in total. The average molecular weight is 348 g/mol. The van der Waals surface area contributed by atoms with Gasteiger partial charge in [0, 0.05) is 5.38 Å². The van der Waals surface area contributed by atoms with Crippen LogP contribution in [0, 0.1) is 5.82 Å². The molecule has 0 saturated heterocycles. The molecule has 0 aliphatic heterocycles. The normalized spacial score (nSPS) is 10.8. The second kappa shape index (κ2) is 6.79. The standard InChI is InChI=1S/C16H13FN2O4S/c1-2-22-15(20)12-9-24-16(21)19(12)8-14-18-7-13(23-14)10-5-3-4-6-11(10)17/h3-7,9H,2,8H2,1H3. The third kappa shape index (κ3) is 3.13. The van der Waals surface area contributed by atoms with E-state index in [4.69, 9.17) is 9.15 Å². The number of hydrogen-bond donors (Lipinski definition) is 0. The summed E-state index contributed by atoms with van der Waals surface area (Å²) in [4.78, 5) is 27.5. The van der Waals surface area contributed by atoms with Gasteiger partial charge in [0.2, 0.25) is 5.89 Å². The van der Waals surface area contributed by atoms with Gasteiger partial charge in [-0.25, -0.2) is 14.2 Å². The molecule has 1 aromatic carbocycles. The summed E-state index contributed by atoms with van der Waals surface area (Å²) in [6.07, 6.45) is 1.38. The van der Waals surface area contributed by atoms with E-state index in [1.807, 2.05) is 0 Å². The number of thiazole rings is 1. The maximum absolute atomic E-state index is 13.8. The largest absolute Gasteiger partial charge is 0.461 e. The van der Waals surface area contributed by atoms with Crippen LogP contribution in [-0.2, 0) is 11.3 Å². The summed E-state index contributed by atoms with van der Waals surface area (Å²) < 4.78 is 25.4. The van der Waals surface area contributed by atoms with Crippen molar-refractivity contribution in [1.29, 1.82) is 0 Å². The van der Waals surface area contributed by atoms with E-state index in [0.29, 0.717) is 0 Å². The highest BCUT2D eigenvalue weighted by Gasteiger charge is 2.18. The van der Waals surface area contributed by atoms with Crippen LogP contribution in [0.1, 0.15) is 23.3 Å². The summed E-state index contributed by atoms with van der Waals surface area (Å²) in [5.74, 6) is -0.569. The molecule has 6 nitrogen and oxygen atoms in total. The van der Waals surface area contributed by atoms with E-state index in [1.165, 1.54) is 22.2 Å². The van der Waals surface area contributed by atoms with E-state index in [-0.39, 0.29) is 40.9 Å². The first kappa shape index (κ1) is 16.1. The van der Waals surface area contributed by atoms with Crippen molar-refractivity contribution < 1.29 is 18.3 Å². The van der Waals surface area contributed by atoms with E-state index in [9.17, 15) is 14.0 Å². The van der Waals surface area contributed by atoms with Crippen molar-refractivity contribution in [2.45, 2.75) is 13.5 Å². The van der Waals surface area contributed by atoms with Gasteiger partial charge in [0.25, 0.3) is 0 Å².